The van der Waals surface area contributed by atoms with Gasteiger partial charge in [-0.25, -0.2) is 4.39 Å². The quantitative estimate of drug-likeness (QED) is 0.801. The summed E-state index contributed by atoms with van der Waals surface area (Å²) < 4.78 is 18.9. The number of benzene rings is 1. The monoisotopic (exact) mass is 250 g/mol. The number of hydrogen-bond acceptors (Lipinski definition) is 2. The summed E-state index contributed by atoms with van der Waals surface area (Å²) in [7, 11) is 0. The Morgan fingerprint density at radius 2 is 2.17 bits per heavy atom. The number of ether oxygens (including phenoxy) is 1. The van der Waals surface area contributed by atoms with Crippen molar-refractivity contribution in [2.45, 2.75) is 44.6 Å². The van der Waals surface area contributed by atoms with Crippen molar-refractivity contribution < 1.29 is 13.9 Å². The summed E-state index contributed by atoms with van der Waals surface area (Å²) in [5.41, 5.74) is 0.493. The van der Waals surface area contributed by atoms with Crippen LogP contribution in [0.3, 0.4) is 0 Å². The van der Waals surface area contributed by atoms with E-state index in [2.05, 4.69) is 0 Å². The molecule has 1 aliphatic rings. The van der Waals surface area contributed by atoms with Gasteiger partial charge in [0.1, 0.15) is 11.6 Å². The van der Waals surface area contributed by atoms with Crippen LogP contribution in [-0.4, -0.2) is 18.5 Å². The highest BCUT2D eigenvalue weighted by molar-refractivity contribution is 5.80. The first-order valence-electron chi connectivity index (χ1n) is 6.62. The third kappa shape index (κ3) is 3.91. The lowest BCUT2D eigenvalue weighted by molar-refractivity contribution is -0.119. The van der Waals surface area contributed by atoms with Gasteiger partial charge in [-0.2, -0.15) is 0 Å². The molecule has 3 heteroatoms. The molecule has 98 valence electrons. The van der Waals surface area contributed by atoms with E-state index in [0.29, 0.717) is 12.0 Å². The lowest BCUT2D eigenvalue weighted by atomic mass is 10.00. The molecule has 1 aliphatic heterocycles. The van der Waals surface area contributed by atoms with Gasteiger partial charge in [0.25, 0.3) is 0 Å². The Bertz CT molecular complexity index is 397. The predicted molar refractivity (Wildman–Crippen MR) is 67.9 cm³/mol. The predicted octanol–water partition coefficient (Wildman–Crippen LogP) is 3.29. The van der Waals surface area contributed by atoms with Crippen molar-refractivity contribution in [1.29, 1.82) is 0 Å². The molecule has 0 spiro atoms. The molecule has 1 fully saturated rings. The number of carbonyl (C=O) groups excluding carboxylic acids is 1. The molecular formula is C15H19FO2. The fourth-order valence-electron chi connectivity index (χ4n) is 2.30. The first kappa shape index (κ1) is 13.2. The second-order valence-corrected chi connectivity index (χ2v) is 4.83. The van der Waals surface area contributed by atoms with Crippen LogP contribution in [-0.2, 0) is 16.0 Å². The average molecular weight is 250 g/mol. The number of carbonyl (C=O) groups is 1. The molecule has 1 atom stereocenters. The van der Waals surface area contributed by atoms with Crippen molar-refractivity contribution in [2.75, 3.05) is 6.61 Å². The second kappa shape index (κ2) is 6.64. The zero-order valence-corrected chi connectivity index (χ0v) is 10.5. The molecule has 0 N–H and O–H groups in total. The van der Waals surface area contributed by atoms with Crippen LogP contribution in [0.5, 0.6) is 0 Å². The smallest absolute Gasteiger partial charge is 0.137 e. The molecule has 2 rings (SSSR count). The highest BCUT2D eigenvalue weighted by atomic mass is 19.1. The van der Waals surface area contributed by atoms with Gasteiger partial charge in [-0.1, -0.05) is 18.2 Å². The lowest BCUT2D eigenvalue weighted by Gasteiger charge is -2.22. The van der Waals surface area contributed by atoms with E-state index in [4.69, 9.17) is 4.74 Å². The number of Topliss-reactive ketones (excluding diaryl/α,β-unsaturated/α-hetero) is 1. The Kier molecular flexibility index (Phi) is 4.88. The third-order valence-corrected chi connectivity index (χ3v) is 3.36. The number of hydrogen-bond donors (Lipinski definition) is 0. The van der Waals surface area contributed by atoms with Crippen LogP contribution in [0.1, 0.15) is 37.7 Å². The average Bonchev–Trinajstić information content (AvgIpc) is 2.40. The molecule has 1 unspecified atom stereocenters. The zero-order chi connectivity index (χ0) is 12.8. The van der Waals surface area contributed by atoms with Crippen molar-refractivity contribution in [1.82, 2.24) is 0 Å². The SMILES string of the molecule is O=C(CCC1CCCCO1)Cc1ccccc1F. The van der Waals surface area contributed by atoms with Gasteiger partial charge in [0.2, 0.25) is 0 Å². The van der Waals surface area contributed by atoms with Crippen LogP contribution in [0.2, 0.25) is 0 Å². The molecule has 2 nitrogen and oxygen atoms in total. The minimum absolute atomic E-state index is 0.0919. The van der Waals surface area contributed by atoms with E-state index in [1.54, 1.807) is 18.2 Å². The lowest BCUT2D eigenvalue weighted by Crippen LogP contribution is -2.20. The van der Waals surface area contributed by atoms with Crippen LogP contribution in [0.25, 0.3) is 0 Å². The van der Waals surface area contributed by atoms with Gasteiger partial charge < -0.3 is 4.74 Å². The van der Waals surface area contributed by atoms with E-state index in [1.807, 2.05) is 0 Å². The minimum Gasteiger partial charge on any atom is -0.378 e. The normalized spacial score (nSPS) is 19.7. The Morgan fingerprint density at radius 1 is 1.33 bits per heavy atom. The summed E-state index contributed by atoms with van der Waals surface area (Å²) in [4.78, 5) is 11.8. The van der Waals surface area contributed by atoms with Gasteiger partial charge in [0, 0.05) is 19.4 Å². The Labute approximate surface area is 107 Å². The molecule has 0 bridgehead atoms. The van der Waals surface area contributed by atoms with Crippen molar-refractivity contribution in [3.05, 3.63) is 35.6 Å². The summed E-state index contributed by atoms with van der Waals surface area (Å²) in [5, 5.41) is 0. The van der Waals surface area contributed by atoms with E-state index in [0.717, 1.165) is 25.9 Å². The largest absolute Gasteiger partial charge is 0.378 e. The Balaban J connectivity index is 1.76. The molecule has 1 aromatic carbocycles. The van der Waals surface area contributed by atoms with E-state index < -0.39 is 0 Å². The maximum absolute atomic E-state index is 13.4. The topological polar surface area (TPSA) is 26.3 Å². The standard InChI is InChI=1S/C15H19FO2/c16-15-7-2-1-5-12(15)11-13(17)8-9-14-6-3-4-10-18-14/h1-2,5,7,14H,3-4,6,8-11H2. The van der Waals surface area contributed by atoms with E-state index in [1.165, 1.54) is 12.5 Å². The summed E-state index contributed by atoms with van der Waals surface area (Å²) >= 11 is 0. The summed E-state index contributed by atoms with van der Waals surface area (Å²) in [6.07, 6.45) is 5.04. The van der Waals surface area contributed by atoms with Crippen LogP contribution in [0.4, 0.5) is 4.39 Å². The van der Waals surface area contributed by atoms with Crippen molar-refractivity contribution >= 4 is 5.78 Å². The summed E-state index contributed by atoms with van der Waals surface area (Å²) in [6.45, 7) is 0.812. The molecule has 1 aromatic rings. The third-order valence-electron chi connectivity index (χ3n) is 3.36. The first-order valence-corrected chi connectivity index (χ1v) is 6.62. The molecule has 0 aliphatic carbocycles. The van der Waals surface area contributed by atoms with Crippen molar-refractivity contribution in [2.24, 2.45) is 0 Å². The van der Waals surface area contributed by atoms with Crippen molar-refractivity contribution in [3.63, 3.8) is 0 Å². The van der Waals surface area contributed by atoms with Gasteiger partial charge in [-0.05, 0) is 37.3 Å². The highest BCUT2D eigenvalue weighted by Crippen LogP contribution is 2.18. The van der Waals surface area contributed by atoms with Gasteiger partial charge in [-0.3, -0.25) is 4.79 Å². The number of ketones is 1. The number of halogens is 1. The van der Waals surface area contributed by atoms with Gasteiger partial charge >= 0.3 is 0 Å². The molecule has 0 amide bonds. The van der Waals surface area contributed by atoms with Gasteiger partial charge in [0.15, 0.2) is 0 Å². The van der Waals surface area contributed by atoms with E-state index >= 15 is 0 Å². The molecule has 0 aromatic heterocycles. The Hall–Kier alpha value is -1.22. The maximum atomic E-state index is 13.4. The van der Waals surface area contributed by atoms with Crippen LogP contribution in [0.15, 0.2) is 24.3 Å². The summed E-state index contributed by atoms with van der Waals surface area (Å²) in [5.74, 6) is -0.200. The number of rotatable bonds is 5. The molecular weight excluding hydrogens is 231 g/mol. The highest BCUT2D eigenvalue weighted by Gasteiger charge is 2.16. The van der Waals surface area contributed by atoms with Crippen LogP contribution < -0.4 is 0 Å². The molecule has 0 saturated carbocycles. The molecule has 0 radical (unpaired) electrons. The Morgan fingerprint density at radius 3 is 2.89 bits per heavy atom. The fraction of sp³-hybridized carbons (Fsp3) is 0.533. The molecule has 1 heterocycles. The molecule has 18 heavy (non-hydrogen) atoms. The van der Waals surface area contributed by atoms with Crippen LogP contribution in [0, 0.1) is 5.82 Å². The van der Waals surface area contributed by atoms with Crippen LogP contribution >= 0.6 is 0 Å². The van der Waals surface area contributed by atoms with E-state index in [9.17, 15) is 9.18 Å². The first-order chi connectivity index (χ1) is 8.75. The van der Waals surface area contributed by atoms with Crippen molar-refractivity contribution in [3.8, 4) is 0 Å². The molecule has 1 saturated heterocycles. The van der Waals surface area contributed by atoms with E-state index in [-0.39, 0.29) is 24.1 Å². The van der Waals surface area contributed by atoms with Gasteiger partial charge in [0.05, 0.1) is 6.10 Å². The minimum atomic E-state index is -0.292. The maximum Gasteiger partial charge on any atom is 0.137 e. The zero-order valence-electron chi connectivity index (χ0n) is 10.5. The fourth-order valence-corrected chi connectivity index (χ4v) is 2.30. The second-order valence-electron chi connectivity index (χ2n) is 4.83. The summed E-state index contributed by atoms with van der Waals surface area (Å²) in [6, 6.07) is 6.46. The van der Waals surface area contributed by atoms with Gasteiger partial charge in [-0.15, -0.1) is 0 Å².